The van der Waals surface area contributed by atoms with Crippen molar-refractivity contribution in [3.8, 4) is 0 Å². The lowest BCUT2D eigenvalue weighted by Crippen LogP contribution is -2.27. The van der Waals surface area contributed by atoms with Gasteiger partial charge in [0.05, 0.1) is 18.5 Å². The second-order valence-electron chi connectivity index (χ2n) is 3.25. The molecule has 10 heteroatoms. The summed E-state index contributed by atoms with van der Waals surface area (Å²) in [4.78, 5) is 25.3. The van der Waals surface area contributed by atoms with Crippen LogP contribution in [0.3, 0.4) is 0 Å². The van der Waals surface area contributed by atoms with Crippen molar-refractivity contribution in [3.05, 3.63) is 11.2 Å². The highest BCUT2D eigenvalue weighted by atomic mass is 32.2. The average molecular weight is 308 g/mol. The number of nitrogens with zero attached hydrogens (tertiary/aromatic N) is 1. The van der Waals surface area contributed by atoms with Crippen LogP contribution in [0.5, 0.6) is 0 Å². The lowest BCUT2D eigenvalue weighted by molar-refractivity contribution is -0.142. The number of hydrogen-bond acceptors (Lipinski definition) is 7. The van der Waals surface area contributed by atoms with Gasteiger partial charge in [-0.2, -0.15) is 0 Å². The molecule has 106 valence electrons. The maximum Gasteiger partial charge on any atom is 0.356 e. The first kappa shape index (κ1) is 15.5. The molecule has 0 atom stereocenters. The maximum absolute atomic E-state index is 11.8. The minimum atomic E-state index is -3.99. The topological polar surface area (TPSA) is 123 Å². The molecule has 0 aliphatic heterocycles. The molecule has 0 saturated heterocycles. The summed E-state index contributed by atoms with van der Waals surface area (Å²) in [5.74, 6) is -1.96. The molecule has 1 aromatic heterocycles. The van der Waals surface area contributed by atoms with E-state index in [2.05, 4.69) is 14.4 Å². The van der Waals surface area contributed by atoms with Crippen LogP contribution in [0.4, 0.5) is 0 Å². The van der Waals surface area contributed by atoms with E-state index < -0.39 is 27.7 Å². The molecule has 0 unspecified atom stereocenters. The smallest absolute Gasteiger partial charge is 0.356 e. The molecule has 0 aromatic carbocycles. The lowest BCUT2D eigenvalue weighted by atomic mass is 10.4. The van der Waals surface area contributed by atoms with E-state index in [0.717, 1.165) is 5.51 Å². The van der Waals surface area contributed by atoms with Gasteiger partial charge in [0.15, 0.2) is 9.90 Å². The van der Waals surface area contributed by atoms with Crippen molar-refractivity contribution in [2.75, 3.05) is 13.2 Å². The number of thiazole rings is 1. The zero-order valence-electron chi connectivity index (χ0n) is 9.95. The van der Waals surface area contributed by atoms with Gasteiger partial charge < -0.3 is 9.84 Å². The summed E-state index contributed by atoms with van der Waals surface area (Å²) in [7, 11) is -3.99. The van der Waals surface area contributed by atoms with Gasteiger partial charge in [0, 0.05) is 6.54 Å². The third-order valence-electron chi connectivity index (χ3n) is 1.91. The number of aromatic carboxylic acids is 1. The Bertz CT molecular complexity index is 565. The lowest BCUT2D eigenvalue weighted by Gasteiger charge is -2.05. The molecule has 0 aliphatic rings. The van der Waals surface area contributed by atoms with Crippen LogP contribution in [0, 0.1) is 0 Å². The van der Waals surface area contributed by atoms with Crippen LogP contribution < -0.4 is 4.72 Å². The van der Waals surface area contributed by atoms with Crippen molar-refractivity contribution in [2.45, 2.75) is 17.6 Å². The number of carboxylic acids is 1. The molecule has 0 bridgehead atoms. The summed E-state index contributed by atoms with van der Waals surface area (Å²) in [5.41, 5.74) is 0.595. The second kappa shape index (κ2) is 6.59. The number of carboxylic acid groups (broad SMARTS) is 1. The summed E-state index contributed by atoms with van der Waals surface area (Å²) < 4.78 is 30.0. The minimum absolute atomic E-state index is 0.131. The van der Waals surface area contributed by atoms with Gasteiger partial charge >= 0.3 is 11.9 Å². The fraction of sp³-hybridized carbons (Fsp3) is 0.444. The van der Waals surface area contributed by atoms with Gasteiger partial charge in [-0.05, 0) is 6.92 Å². The number of aromatic nitrogens is 1. The summed E-state index contributed by atoms with van der Waals surface area (Å²) in [6, 6.07) is 0. The average Bonchev–Trinajstić information content (AvgIpc) is 2.78. The molecule has 1 heterocycles. The highest BCUT2D eigenvalue weighted by Crippen LogP contribution is 2.19. The number of carbonyl (C=O) groups excluding carboxylic acids is 1. The number of hydrogen-bond donors (Lipinski definition) is 2. The summed E-state index contributed by atoms with van der Waals surface area (Å²) >= 11 is 0.695. The monoisotopic (exact) mass is 308 g/mol. The van der Waals surface area contributed by atoms with Crippen LogP contribution in [0.2, 0.25) is 0 Å². The SMILES string of the molecule is CCOC(=O)CCNS(=O)(=O)c1scnc1C(=O)O. The molecular formula is C9H12N2O6S2. The fourth-order valence-electron chi connectivity index (χ4n) is 1.15. The van der Waals surface area contributed by atoms with Crippen molar-refractivity contribution in [1.29, 1.82) is 0 Å². The largest absolute Gasteiger partial charge is 0.476 e. The third-order valence-corrected chi connectivity index (χ3v) is 4.74. The second-order valence-corrected chi connectivity index (χ2v) is 6.06. The van der Waals surface area contributed by atoms with Gasteiger partial charge in [-0.15, -0.1) is 11.3 Å². The predicted octanol–water partition coefficient (Wildman–Crippen LogP) is 0.0728. The van der Waals surface area contributed by atoms with Crippen molar-refractivity contribution in [1.82, 2.24) is 9.71 Å². The summed E-state index contributed by atoms with van der Waals surface area (Å²) in [6.45, 7) is 1.68. The van der Waals surface area contributed by atoms with E-state index >= 15 is 0 Å². The number of nitrogens with one attached hydrogen (secondary N) is 1. The first-order chi connectivity index (χ1) is 8.88. The fourth-order valence-corrected chi connectivity index (χ4v) is 3.37. The van der Waals surface area contributed by atoms with Crippen LogP contribution in [-0.4, -0.2) is 43.6 Å². The molecule has 1 rings (SSSR count). The first-order valence-corrected chi connectivity index (χ1v) is 7.56. The Morgan fingerprint density at radius 3 is 2.79 bits per heavy atom. The van der Waals surface area contributed by atoms with Crippen LogP contribution in [0.15, 0.2) is 9.72 Å². The van der Waals surface area contributed by atoms with E-state index in [0.29, 0.717) is 11.3 Å². The van der Waals surface area contributed by atoms with Crippen molar-refractivity contribution in [2.24, 2.45) is 0 Å². The molecule has 0 fully saturated rings. The molecule has 19 heavy (non-hydrogen) atoms. The van der Waals surface area contributed by atoms with Gasteiger partial charge in [0.1, 0.15) is 0 Å². The first-order valence-electron chi connectivity index (χ1n) is 5.20. The standard InChI is InChI=1S/C9H12N2O6S2/c1-2-17-6(12)3-4-11-19(15,16)9-7(8(13)14)10-5-18-9/h5,11H,2-4H2,1H3,(H,13,14). The number of ether oxygens (including phenoxy) is 1. The van der Waals surface area contributed by atoms with E-state index in [-0.39, 0.29) is 23.8 Å². The number of rotatable bonds is 7. The molecule has 8 nitrogen and oxygen atoms in total. The van der Waals surface area contributed by atoms with Crippen molar-refractivity contribution >= 4 is 33.3 Å². The molecule has 1 aromatic rings. The molecule has 0 radical (unpaired) electrons. The summed E-state index contributed by atoms with van der Waals surface area (Å²) in [6.07, 6.45) is -0.131. The third kappa shape index (κ3) is 4.26. The number of sulfonamides is 1. The highest BCUT2D eigenvalue weighted by Gasteiger charge is 2.25. The number of esters is 1. The predicted molar refractivity (Wildman–Crippen MR) is 65.5 cm³/mol. The van der Waals surface area contributed by atoms with E-state index in [1.807, 2.05) is 0 Å². The quantitative estimate of drug-likeness (QED) is 0.683. The Morgan fingerprint density at radius 1 is 1.53 bits per heavy atom. The van der Waals surface area contributed by atoms with Gasteiger partial charge in [-0.1, -0.05) is 0 Å². The van der Waals surface area contributed by atoms with Crippen LogP contribution in [0.1, 0.15) is 23.8 Å². The number of carbonyl (C=O) groups is 2. The van der Waals surface area contributed by atoms with Gasteiger partial charge in [0.2, 0.25) is 0 Å². The molecular weight excluding hydrogens is 296 g/mol. The molecule has 0 aliphatic carbocycles. The van der Waals surface area contributed by atoms with Gasteiger partial charge in [-0.3, -0.25) is 4.79 Å². The van der Waals surface area contributed by atoms with Crippen LogP contribution in [-0.2, 0) is 19.6 Å². The Balaban J connectivity index is 2.69. The normalized spacial score (nSPS) is 11.2. The van der Waals surface area contributed by atoms with E-state index in [9.17, 15) is 18.0 Å². The zero-order valence-corrected chi connectivity index (χ0v) is 11.6. The molecule has 0 saturated carbocycles. The minimum Gasteiger partial charge on any atom is -0.476 e. The zero-order chi connectivity index (χ0) is 14.5. The molecule has 2 N–H and O–H groups in total. The Kier molecular flexibility index (Phi) is 5.39. The van der Waals surface area contributed by atoms with Crippen molar-refractivity contribution in [3.63, 3.8) is 0 Å². The molecule has 0 spiro atoms. The Hall–Kier alpha value is -1.52. The maximum atomic E-state index is 11.8. The van der Waals surface area contributed by atoms with Crippen LogP contribution in [0.25, 0.3) is 0 Å². The van der Waals surface area contributed by atoms with E-state index in [4.69, 9.17) is 5.11 Å². The molecule has 0 amide bonds. The Labute approximate surface area is 113 Å². The van der Waals surface area contributed by atoms with Crippen LogP contribution >= 0.6 is 11.3 Å². The van der Waals surface area contributed by atoms with E-state index in [1.165, 1.54) is 0 Å². The van der Waals surface area contributed by atoms with E-state index in [1.54, 1.807) is 6.92 Å². The Morgan fingerprint density at radius 2 is 2.21 bits per heavy atom. The highest BCUT2D eigenvalue weighted by molar-refractivity contribution is 7.91. The van der Waals surface area contributed by atoms with Gasteiger partial charge in [-0.25, -0.2) is 22.9 Å². The summed E-state index contributed by atoms with van der Waals surface area (Å²) in [5, 5.41) is 8.78. The van der Waals surface area contributed by atoms with Crippen molar-refractivity contribution < 1.29 is 27.9 Å². The van der Waals surface area contributed by atoms with Gasteiger partial charge in [0.25, 0.3) is 10.0 Å².